The average molecular weight is 220 g/mol. The predicted octanol–water partition coefficient (Wildman–Crippen LogP) is 3.98. The summed E-state index contributed by atoms with van der Waals surface area (Å²) in [7, 11) is -1.08. The first-order chi connectivity index (χ1) is 7.01. The van der Waals surface area contributed by atoms with E-state index in [4.69, 9.17) is 4.74 Å². The van der Waals surface area contributed by atoms with Crippen LogP contribution in [0.5, 0.6) is 5.75 Å². The first-order valence-electron chi connectivity index (χ1n) is 5.43. The fourth-order valence-corrected chi connectivity index (χ4v) is 1.88. The van der Waals surface area contributed by atoms with E-state index in [1.54, 1.807) is 0 Å². The molecule has 0 N–H and O–H groups in total. The molecule has 0 heterocycles. The van der Waals surface area contributed by atoms with E-state index in [-0.39, 0.29) is 0 Å². The van der Waals surface area contributed by atoms with E-state index in [1.165, 1.54) is 5.56 Å². The third-order valence-corrected chi connectivity index (χ3v) is 3.13. The second kappa shape index (κ2) is 5.17. The SMILES string of the molecule is CCOc1ccc(C=C[Si](C)(C)C)cc1. The van der Waals surface area contributed by atoms with E-state index >= 15 is 0 Å². The molecular weight excluding hydrogens is 200 g/mol. The van der Waals surface area contributed by atoms with Gasteiger partial charge in [0.15, 0.2) is 0 Å². The minimum Gasteiger partial charge on any atom is -0.494 e. The third-order valence-electron chi connectivity index (χ3n) is 1.97. The maximum atomic E-state index is 5.39. The molecule has 0 aromatic heterocycles. The predicted molar refractivity (Wildman–Crippen MR) is 70.0 cm³/mol. The van der Waals surface area contributed by atoms with E-state index in [2.05, 4.69) is 43.5 Å². The van der Waals surface area contributed by atoms with E-state index < -0.39 is 8.07 Å². The van der Waals surface area contributed by atoms with Crippen LogP contribution in [-0.2, 0) is 0 Å². The van der Waals surface area contributed by atoms with Crippen LogP contribution in [0.15, 0.2) is 30.0 Å². The molecule has 0 aliphatic rings. The van der Waals surface area contributed by atoms with Crippen molar-refractivity contribution in [2.45, 2.75) is 26.6 Å². The van der Waals surface area contributed by atoms with Crippen LogP contribution in [-0.4, -0.2) is 14.7 Å². The molecule has 0 aliphatic carbocycles. The molecule has 1 rings (SSSR count). The highest BCUT2D eigenvalue weighted by molar-refractivity contribution is 6.81. The molecule has 15 heavy (non-hydrogen) atoms. The topological polar surface area (TPSA) is 9.23 Å². The molecule has 0 aliphatic heterocycles. The summed E-state index contributed by atoms with van der Waals surface area (Å²) in [6, 6.07) is 8.24. The Morgan fingerprint density at radius 3 is 2.20 bits per heavy atom. The van der Waals surface area contributed by atoms with Gasteiger partial charge >= 0.3 is 0 Å². The summed E-state index contributed by atoms with van der Waals surface area (Å²) in [4.78, 5) is 0. The van der Waals surface area contributed by atoms with Crippen molar-refractivity contribution in [3.05, 3.63) is 35.5 Å². The van der Waals surface area contributed by atoms with E-state index in [1.807, 2.05) is 19.1 Å². The number of hydrogen-bond donors (Lipinski definition) is 0. The van der Waals surface area contributed by atoms with Crippen LogP contribution in [0.1, 0.15) is 12.5 Å². The van der Waals surface area contributed by atoms with E-state index in [0.717, 1.165) is 12.4 Å². The Labute approximate surface area is 93.8 Å². The lowest BCUT2D eigenvalue weighted by Crippen LogP contribution is -2.15. The highest BCUT2D eigenvalue weighted by atomic mass is 28.3. The molecule has 2 heteroatoms. The van der Waals surface area contributed by atoms with Crippen molar-refractivity contribution in [3.63, 3.8) is 0 Å². The summed E-state index contributed by atoms with van der Waals surface area (Å²) in [5, 5.41) is 0. The van der Waals surface area contributed by atoms with Crippen LogP contribution in [0.3, 0.4) is 0 Å². The van der Waals surface area contributed by atoms with Crippen molar-refractivity contribution in [3.8, 4) is 5.75 Å². The Balaban J connectivity index is 2.68. The summed E-state index contributed by atoms with van der Waals surface area (Å²) in [6.45, 7) is 9.72. The molecule has 0 saturated heterocycles. The standard InChI is InChI=1S/C13H20OSi/c1-5-14-13-8-6-12(7-9-13)10-11-15(2,3)4/h6-11H,5H2,1-4H3. The minimum absolute atomic E-state index is 0.726. The molecular formula is C13H20OSi. The molecule has 0 atom stereocenters. The summed E-state index contributed by atoms with van der Waals surface area (Å²) in [6.07, 6.45) is 2.21. The minimum atomic E-state index is -1.08. The molecule has 0 amide bonds. The van der Waals surface area contributed by atoms with Gasteiger partial charge in [0, 0.05) is 0 Å². The summed E-state index contributed by atoms with van der Waals surface area (Å²) in [5.74, 6) is 0.947. The van der Waals surface area contributed by atoms with Crippen molar-refractivity contribution in [2.75, 3.05) is 6.61 Å². The van der Waals surface area contributed by atoms with Crippen molar-refractivity contribution in [1.82, 2.24) is 0 Å². The fourth-order valence-electron chi connectivity index (χ4n) is 1.19. The zero-order chi connectivity index (χ0) is 11.3. The van der Waals surface area contributed by atoms with E-state index in [9.17, 15) is 0 Å². The highest BCUT2D eigenvalue weighted by Gasteiger charge is 2.06. The van der Waals surface area contributed by atoms with Gasteiger partial charge in [-0.3, -0.25) is 0 Å². The van der Waals surface area contributed by atoms with Crippen molar-refractivity contribution in [2.24, 2.45) is 0 Å². The Bertz CT molecular complexity index is 319. The molecule has 0 spiro atoms. The maximum absolute atomic E-state index is 5.39. The second-order valence-electron chi connectivity index (χ2n) is 4.70. The van der Waals surface area contributed by atoms with Gasteiger partial charge in [-0.15, -0.1) is 0 Å². The van der Waals surface area contributed by atoms with Crippen molar-refractivity contribution >= 4 is 14.1 Å². The second-order valence-corrected chi connectivity index (χ2v) is 9.77. The molecule has 0 radical (unpaired) electrons. The molecule has 82 valence electrons. The molecule has 1 aromatic carbocycles. The van der Waals surface area contributed by atoms with Crippen LogP contribution in [0.25, 0.3) is 6.08 Å². The molecule has 1 aromatic rings. The summed E-state index contributed by atoms with van der Waals surface area (Å²) < 4.78 is 5.39. The highest BCUT2D eigenvalue weighted by Crippen LogP contribution is 2.14. The van der Waals surface area contributed by atoms with Crippen LogP contribution in [0.4, 0.5) is 0 Å². The molecule has 0 fully saturated rings. The van der Waals surface area contributed by atoms with Crippen molar-refractivity contribution < 1.29 is 4.74 Å². The van der Waals surface area contributed by atoms with E-state index in [0.29, 0.717) is 0 Å². The monoisotopic (exact) mass is 220 g/mol. The number of ether oxygens (including phenoxy) is 1. The fraction of sp³-hybridized carbons (Fsp3) is 0.385. The van der Waals surface area contributed by atoms with Crippen LogP contribution >= 0.6 is 0 Å². The lowest BCUT2D eigenvalue weighted by atomic mass is 10.2. The van der Waals surface area contributed by atoms with Crippen LogP contribution < -0.4 is 4.74 Å². The Morgan fingerprint density at radius 2 is 1.73 bits per heavy atom. The first kappa shape index (κ1) is 12.0. The molecule has 0 bridgehead atoms. The molecule has 0 unspecified atom stereocenters. The van der Waals surface area contributed by atoms with Gasteiger partial charge in [-0.25, -0.2) is 0 Å². The Hall–Kier alpha value is -1.02. The molecule has 0 saturated carbocycles. The molecule has 1 nitrogen and oxygen atoms in total. The summed E-state index contributed by atoms with van der Waals surface area (Å²) in [5.41, 5.74) is 3.60. The first-order valence-corrected chi connectivity index (χ1v) is 9.01. The quantitative estimate of drug-likeness (QED) is 0.698. The third kappa shape index (κ3) is 4.84. The van der Waals surface area contributed by atoms with Gasteiger partial charge in [-0.05, 0) is 24.6 Å². The largest absolute Gasteiger partial charge is 0.494 e. The zero-order valence-corrected chi connectivity index (χ0v) is 11.1. The number of rotatable bonds is 4. The number of hydrogen-bond acceptors (Lipinski definition) is 1. The maximum Gasteiger partial charge on any atom is 0.119 e. The lowest BCUT2D eigenvalue weighted by molar-refractivity contribution is 0.340. The normalized spacial score (nSPS) is 12.0. The van der Waals surface area contributed by atoms with Gasteiger partial charge in [0.05, 0.1) is 14.7 Å². The van der Waals surface area contributed by atoms with Gasteiger partial charge in [0.1, 0.15) is 5.75 Å². The Morgan fingerprint density at radius 1 is 1.13 bits per heavy atom. The van der Waals surface area contributed by atoms with Gasteiger partial charge < -0.3 is 4.74 Å². The number of benzene rings is 1. The van der Waals surface area contributed by atoms with Gasteiger partial charge in [-0.1, -0.05) is 43.5 Å². The zero-order valence-electron chi connectivity index (χ0n) is 10.1. The van der Waals surface area contributed by atoms with Crippen LogP contribution in [0, 0.1) is 0 Å². The van der Waals surface area contributed by atoms with Gasteiger partial charge in [0.25, 0.3) is 0 Å². The van der Waals surface area contributed by atoms with Gasteiger partial charge in [-0.2, -0.15) is 0 Å². The van der Waals surface area contributed by atoms with Crippen molar-refractivity contribution in [1.29, 1.82) is 0 Å². The lowest BCUT2D eigenvalue weighted by Gasteiger charge is -2.08. The van der Waals surface area contributed by atoms with Crippen LogP contribution in [0.2, 0.25) is 19.6 Å². The Kier molecular flexibility index (Phi) is 4.15. The van der Waals surface area contributed by atoms with Gasteiger partial charge in [0.2, 0.25) is 0 Å². The summed E-state index contributed by atoms with van der Waals surface area (Å²) >= 11 is 0. The average Bonchev–Trinajstić information content (AvgIpc) is 2.16. The smallest absolute Gasteiger partial charge is 0.119 e.